The second-order valence-electron chi connectivity index (χ2n) is 3.51. The Bertz CT molecular complexity index is 251. The first-order valence-corrected chi connectivity index (χ1v) is 7.50. The topological polar surface area (TPSA) is 52.6 Å². The van der Waals surface area contributed by atoms with Gasteiger partial charge in [-0.2, -0.15) is 0 Å². The van der Waals surface area contributed by atoms with Crippen LogP contribution < -0.4 is 0 Å². The Morgan fingerprint density at radius 1 is 1.38 bits per heavy atom. The zero-order chi connectivity index (χ0) is 12.0. The van der Waals surface area contributed by atoms with Gasteiger partial charge < -0.3 is 9.47 Å². The number of esters is 2. The van der Waals surface area contributed by atoms with E-state index in [-0.39, 0.29) is 29.5 Å². The van der Waals surface area contributed by atoms with Gasteiger partial charge in [-0.05, 0) is 12.8 Å². The second kappa shape index (κ2) is 7.06. The van der Waals surface area contributed by atoms with E-state index >= 15 is 0 Å². The standard InChI is InChI=1S/C10H16O4S2/c1-13-9(11)6-7(10(12)14-2)8-4-3-5-15-16-8/h7-8H,3-6H2,1-2H3. The molecule has 2 unspecified atom stereocenters. The van der Waals surface area contributed by atoms with Crippen LogP contribution in [0.5, 0.6) is 0 Å². The molecule has 1 heterocycles. The van der Waals surface area contributed by atoms with Gasteiger partial charge in [0.2, 0.25) is 0 Å². The molecule has 0 bridgehead atoms. The quantitative estimate of drug-likeness (QED) is 0.571. The summed E-state index contributed by atoms with van der Waals surface area (Å²) in [5.41, 5.74) is 0. The van der Waals surface area contributed by atoms with Crippen LogP contribution >= 0.6 is 21.6 Å². The predicted molar refractivity (Wildman–Crippen MR) is 65.2 cm³/mol. The lowest BCUT2D eigenvalue weighted by Gasteiger charge is -2.26. The van der Waals surface area contributed by atoms with Gasteiger partial charge in [0.05, 0.1) is 26.6 Å². The van der Waals surface area contributed by atoms with Gasteiger partial charge in [-0.25, -0.2) is 0 Å². The minimum atomic E-state index is -0.379. The summed E-state index contributed by atoms with van der Waals surface area (Å²) in [4.78, 5) is 22.8. The average molecular weight is 264 g/mol. The van der Waals surface area contributed by atoms with E-state index in [1.165, 1.54) is 14.2 Å². The molecule has 16 heavy (non-hydrogen) atoms. The van der Waals surface area contributed by atoms with Crippen LogP contribution in [0.3, 0.4) is 0 Å². The molecule has 0 aromatic carbocycles. The van der Waals surface area contributed by atoms with Crippen LogP contribution in [0.25, 0.3) is 0 Å². The third-order valence-electron chi connectivity index (χ3n) is 2.47. The maximum Gasteiger partial charge on any atom is 0.310 e. The van der Waals surface area contributed by atoms with Gasteiger partial charge in [0, 0.05) is 11.0 Å². The summed E-state index contributed by atoms with van der Waals surface area (Å²) in [6, 6.07) is 0. The van der Waals surface area contributed by atoms with Crippen molar-refractivity contribution >= 4 is 33.5 Å². The molecular weight excluding hydrogens is 248 g/mol. The van der Waals surface area contributed by atoms with E-state index in [1.807, 2.05) is 0 Å². The van der Waals surface area contributed by atoms with Crippen molar-refractivity contribution in [1.82, 2.24) is 0 Å². The lowest BCUT2D eigenvalue weighted by molar-refractivity contribution is -0.152. The predicted octanol–water partition coefficient (Wildman–Crippen LogP) is 1.88. The first kappa shape index (κ1) is 13.7. The lowest BCUT2D eigenvalue weighted by Crippen LogP contribution is -2.30. The lowest BCUT2D eigenvalue weighted by atomic mass is 9.98. The third kappa shape index (κ3) is 3.90. The molecular formula is C10H16O4S2. The van der Waals surface area contributed by atoms with Gasteiger partial charge in [-0.1, -0.05) is 21.6 Å². The van der Waals surface area contributed by atoms with Crippen LogP contribution in [0.15, 0.2) is 0 Å². The highest BCUT2D eigenvalue weighted by Gasteiger charge is 2.33. The van der Waals surface area contributed by atoms with Gasteiger partial charge >= 0.3 is 11.9 Å². The van der Waals surface area contributed by atoms with Gasteiger partial charge in [-0.15, -0.1) is 0 Å². The van der Waals surface area contributed by atoms with Crippen LogP contribution in [0.2, 0.25) is 0 Å². The zero-order valence-electron chi connectivity index (χ0n) is 9.43. The van der Waals surface area contributed by atoms with Crippen molar-refractivity contribution in [2.24, 2.45) is 5.92 Å². The molecule has 0 aromatic heterocycles. The smallest absolute Gasteiger partial charge is 0.310 e. The Labute approximate surface area is 103 Å². The molecule has 1 rings (SSSR count). The summed E-state index contributed by atoms with van der Waals surface area (Å²) in [6.45, 7) is 0. The molecule has 1 aliphatic heterocycles. The molecule has 0 aromatic rings. The summed E-state index contributed by atoms with van der Waals surface area (Å²) < 4.78 is 9.35. The molecule has 0 spiro atoms. The number of carbonyl (C=O) groups excluding carboxylic acids is 2. The molecule has 6 heteroatoms. The molecule has 1 fully saturated rings. The van der Waals surface area contributed by atoms with Crippen molar-refractivity contribution in [3.63, 3.8) is 0 Å². The summed E-state index contributed by atoms with van der Waals surface area (Å²) >= 11 is 0. The number of hydrogen-bond donors (Lipinski definition) is 0. The van der Waals surface area contributed by atoms with Gasteiger partial charge in [0.15, 0.2) is 0 Å². The van der Waals surface area contributed by atoms with Crippen LogP contribution in [0, 0.1) is 5.92 Å². The van der Waals surface area contributed by atoms with E-state index in [4.69, 9.17) is 4.74 Å². The van der Waals surface area contributed by atoms with Crippen molar-refractivity contribution in [3.8, 4) is 0 Å². The van der Waals surface area contributed by atoms with Crippen molar-refractivity contribution < 1.29 is 19.1 Å². The average Bonchev–Trinajstić information content (AvgIpc) is 2.35. The fourth-order valence-corrected chi connectivity index (χ4v) is 4.59. The van der Waals surface area contributed by atoms with Crippen LogP contribution in [-0.4, -0.2) is 37.2 Å². The van der Waals surface area contributed by atoms with Crippen molar-refractivity contribution in [1.29, 1.82) is 0 Å². The Morgan fingerprint density at radius 3 is 2.62 bits per heavy atom. The van der Waals surface area contributed by atoms with E-state index in [0.717, 1.165) is 18.6 Å². The second-order valence-corrected chi connectivity index (χ2v) is 6.24. The Morgan fingerprint density at radius 2 is 2.12 bits per heavy atom. The maximum atomic E-state index is 11.6. The van der Waals surface area contributed by atoms with Crippen molar-refractivity contribution in [3.05, 3.63) is 0 Å². The Balaban J connectivity index is 2.61. The molecule has 0 N–H and O–H groups in total. The van der Waals surface area contributed by atoms with Gasteiger partial charge in [0.1, 0.15) is 0 Å². The minimum absolute atomic E-state index is 0.113. The molecule has 0 radical (unpaired) electrons. The van der Waals surface area contributed by atoms with Crippen molar-refractivity contribution in [2.75, 3.05) is 20.0 Å². The SMILES string of the molecule is COC(=O)CC(C(=O)OC)C1CCCSS1. The van der Waals surface area contributed by atoms with Gasteiger partial charge in [-0.3, -0.25) is 9.59 Å². The molecule has 1 saturated heterocycles. The molecule has 0 amide bonds. The molecule has 2 atom stereocenters. The van der Waals surface area contributed by atoms with E-state index < -0.39 is 0 Å². The molecule has 1 aliphatic rings. The normalized spacial score (nSPS) is 22.2. The van der Waals surface area contributed by atoms with Crippen LogP contribution in [0.1, 0.15) is 19.3 Å². The fraction of sp³-hybridized carbons (Fsp3) is 0.800. The maximum absolute atomic E-state index is 11.6. The summed E-state index contributed by atoms with van der Waals surface area (Å²) in [5.74, 6) is 0.0556. The van der Waals surface area contributed by atoms with Crippen LogP contribution in [0.4, 0.5) is 0 Å². The van der Waals surface area contributed by atoms with Gasteiger partial charge in [0.25, 0.3) is 0 Å². The van der Waals surface area contributed by atoms with E-state index in [0.29, 0.717) is 0 Å². The molecule has 92 valence electrons. The molecule has 0 aliphatic carbocycles. The first-order valence-electron chi connectivity index (χ1n) is 5.12. The molecule has 4 nitrogen and oxygen atoms in total. The number of ether oxygens (including phenoxy) is 2. The third-order valence-corrected chi connectivity index (χ3v) is 5.53. The highest BCUT2D eigenvalue weighted by Crippen LogP contribution is 2.40. The van der Waals surface area contributed by atoms with E-state index in [2.05, 4.69) is 4.74 Å². The number of rotatable bonds is 4. The highest BCUT2D eigenvalue weighted by atomic mass is 33.1. The van der Waals surface area contributed by atoms with Crippen LogP contribution in [-0.2, 0) is 19.1 Å². The monoisotopic (exact) mass is 264 g/mol. The summed E-state index contributed by atoms with van der Waals surface area (Å²) in [5, 5.41) is 0.158. The largest absolute Gasteiger partial charge is 0.469 e. The highest BCUT2D eigenvalue weighted by molar-refractivity contribution is 8.77. The number of carbonyl (C=O) groups is 2. The van der Waals surface area contributed by atoms with Crippen molar-refractivity contribution in [2.45, 2.75) is 24.5 Å². The summed E-state index contributed by atoms with van der Waals surface area (Å²) in [7, 11) is 6.11. The Kier molecular flexibility index (Phi) is 6.05. The molecule has 0 saturated carbocycles. The first-order chi connectivity index (χ1) is 7.69. The summed E-state index contributed by atoms with van der Waals surface area (Å²) in [6.07, 6.45) is 2.15. The van der Waals surface area contributed by atoms with E-state index in [9.17, 15) is 9.59 Å². The zero-order valence-corrected chi connectivity index (χ0v) is 11.1. The number of methoxy groups -OCH3 is 2. The fourth-order valence-electron chi connectivity index (χ4n) is 1.58. The van der Waals surface area contributed by atoms with E-state index in [1.54, 1.807) is 21.6 Å². The number of hydrogen-bond acceptors (Lipinski definition) is 6. The Hall–Kier alpha value is -0.360. The minimum Gasteiger partial charge on any atom is -0.469 e.